The molecule has 1 N–H and O–H groups in total. The maximum Gasteiger partial charge on any atom is 0.261 e. The van der Waals surface area contributed by atoms with Crippen LogP contribution in [-0.4, -0.2) is 25.7 Å². The van der Waals surface area contributed by atoms with E-state index in [0.29, 0.717) is 17.5 Å². The molecule has 0 saturated carbocycles. The van der Waals surface area contributed by atoms with Gasteiger partial charge in [-0.1, -0.05) is 13.8 Å². The van der Waals surface area contributed by atoms with Crippen molar-refractivity contribution in [1.82, 2.24) is 5.32 Å². The van der Waals surface area contributed by atoms with Gasteiger partial charge in [0.25, 0.3) is 6.43 Å². The molecule has 1 aromatic rings. The second kappa shape index (κ2) is 8.34. The summed E-state index contributed by atoms with van der Waals surface area (Å²) in [7, 11) is 0. The quantitative estimate of drug-likeness (QED) is 0.579. The average Bonchev–Trinajstić information content (AvgIpc) is 2.37. The normalized spacial score (nSPS) is 13.2. The Hall–Kier alpha value is -1.14. The first-order valence-electron chi connectivity index (χ1n) is 6.88. The fraction of sp³-hybridized carbons (Fsp3) is 0.600. The largest absolute Gasteiger partial charge is 0.375 e. The van der Waals surface area contributed by atoms with Gasteiger partial charge in [-0.2, -0.15) is 0 Å². The highest BCUT2D eigenvalue weighted by Crippen LogP contribution is 2.24. The van der Waals surface area contributed by atoms with Crippen molar-refractivity contribution in [2.45, 2.75) is 45.7 Å². The smallest absolute Gasteiger partial charge is 0.261 e. The second-order valence-electron chi connectivity index (χ2n) is 5.25. The van der Waals surface area contributed by atoms with Crippen molar-refractivity contribution >= 4 is 0 Å². The third kappa shape index (κ3) is 6.01. The zero-order valence-electron chi connectivity index (χ0n) is 12.4. The molecular weight excluding hydrogens is 286 g/mol. The Morgan fingerprint density at radius 1 is 1.14 bits per heavy atom. The van der Waals surface area contributed by atoms with E-state index in [2.05, 4.69) is 5.32 Å². The lowest BCUT2D eigenvalue weighted by Gasteiger charge is -2.23. The minimum Gasteiger partial charge on any atom is -0.375 e. The molecule has 0 aliphatic carbocycles. The van der Waals surface area contributed by atoms with Gasteiger partial charge in [0.1, 0.15) is 18.2 Å². The molecule has 0 spiro atoms. The summed E-state index contributed by atoms with van der Waals surface area (Å²) in [4.78, 5) is 0. The van der Waals surface area contributed by atoms with Crippen LogP contribution in [0, 0.1) is 18.6 Å². The van der Waals surface area contributed by atoms with Crippen LogP contribution in [0.2, 0.25) is 0 Å². The molecule has 0 radical (unpaired) electrons. The maximum atomic E-state index is 13.9. The Balaban J connectivity index is 2.79. The topological polar surface area (TPSA) is 21.3 Å². The highest BCUT2D eigenvalue weighted by molar-refractivity contribution is 5.28. The van der Waals surface area contributed by atoms with Gasteiger partial charge in [-0.3, -0.25) is 0 Å². The number of benzene rings is 1. The average molecular weight is 307 g/mol. The van der Waals surface area contributed by atoms with Crippen molar-refractivity contribution in [2.75, 3.05) is 13.2 Å². The zero-order chi connectivity index (χ0) is 16.0. The summed E-state index contributed by atoms with van der Waals surface area (Å²) in [6.07, 6.45) is -2.20. The van der Waals surface area contributed by atoms with Gasteiger partial charge in [0.15, 0.2) is 0 Å². The van der Waals surface area contributed by atoms with Gasteiger partial charge < -0.3 is 10.1 Å². The molecule has 0 bridgehead atoms. The van der Waals surface area contributed by atoms with Crippen LogP contribution >= 0.6 is 0 Å². The van der Waals surface area contributed by atoms with Crippen molar-refractivity contribution in [3.05, 3.63) is 34.9 Å². The summed E-state index contributed by atoms with van der Waals surface area (Å²) in [5.74, 6) is -1.25. The molecule has 1 atom stereocenters. The van der Waals surface area contributed by atoms with Crippen LogP contribution in [0.4, 0.5) is 17.6 Å². The Morgan fingerprint density at radius 3 is 2.38 bits per heavy atom. The zero-order valence-corrected chi connectivity index (χ0v) is 12.4. The van der Waals surface area contributed by atoms with Gasteiger partial charge in [-0.05, 0) is 25.0 Å². The number of hydrogen-bond donors (Lipinski definition) is 1. The second-order valence-corrected chi connectivity index (χ2v) is 5.25. The molecule has 21 heavy (non-hydrogen) atoms. The molecule has 6 heteroatoms. The third-order valence-electron chi connectivity index (χ3n) is 2.98. The van der Waals surface area contributed by atoms with Crippen LogP contribution in [0.3, 0.4) is 0 Å². The Kier molecular flexibility index (Phi) is 7.11. The van der Waals surface area contributed by atoms with Crippen molar-refractivity contribution in [3.63, 3.8) is 0 Å². The minimum atomic E-state index is -2.52. The van der Waals surface area contributed by atoms with Gasteiger partial charge >= 0.3 is 0 Å². The summed E-state index contributed by atoms with van der Waals surface area (Å²) in [6, 6.07) is 1.94. The van der Waals surface area contributed by atoms with Gasteiger partial charge in [0.05, 0.1) is 0 Å². The van der Waals surface area contributed by atoms with Crippen LogP contribution in [0.5, 0.6) is 0 Å². The summed E-state index contributed by atoms with van der Waals surface area (Å²) < 4.78 is 56.1. The third-order valence-corrected chi connectivity index (χ3v) is 2.98. The van der Waals surface area contributed by atoms with Gasteiger partial charge in [-0.15, -0.1) is 0 Å². The van der Waals surface area contributed by atoms with Crippen molar-refractivity contribution in [2.24, 2.45) is 0 Å². The Bertz CT molecular complexity index is 452. The molecule has 0 aromatic heterocycles. The highest BCUT2D eigenvalue weighted by atomic mass is 19.3. The molecule has 0 aliphatic rings. The number of hydrogen-bond acceptors (Lipinski definition) is 2. The lowest BCUT2D eigenvalue weighted by Crippen LogP contribution is -2.30. The summed E-state index contributed by atoms with van der Waals surface area (Å²) in [5, 5.41) is 3.14. The van der Waals surface area contributed by atoms with Crippen LogP contribution in [-0.2, 0) is 4.74 Å². The molecule has 0 saturated heterocycles. The summed E-state index contributed by atoms with van der Waals surface area (Å²) in [6.45, 7) is 4.77. The fourth-order valence-corrected chi connectivity index (χ4v) is 2.05. The van der Waals surface area contributed by atoms with E-state index in [1.165, 1.54) is 6.07 Å². The minimum absolute atomic E-state index is 0.0647. The number of aryl methyl sites for hydroxylation is 1. The Morgan fingerprint density at radius 2 is 1.81 bits per heavy atom. The summed E-state index contributed by atoms with van der Waals surface area (Å²) >= 11 is 0. The number of rotatable bonds is 8. The first-order valence-corrected chi connectivity index (χ1v) is 6.88. The van der Waals surface area contributed by atoms with Crippen LogP contribution in [0.25, 0.3) is 0 Å². The van der Waals surface area contributed by atoms with Gasteiger partial charge in [0, 0.05) is 30.3 Å². The number of alkyl halides is 2. The lowest BCUT2D eigenvalue weighted by atomic mass is 10.00. The molecule has 120 valence electrons. The van der Waals surface area contributed by atoms with E-state index < -0.39 is 30.7 Å². The molecule has 1 rings (SSSR count). The summed E-state index contributed by atoms with van der Waals surface area (Å²) in [5.41, 5.74) is 0.665. The monoisotopic (exact) mass is 307 g/mol. The number of ether oxygens (including phenoxy) is 1. The highest BCUT2D eigenvalue weighted by Gasteiger charge is 2.18. The molecule has 1 aromatic carbocycles. The van der Waals surface area contributed by atoms with E-state index in [0.717, 1.165) is 6.07 Å². The van der Waals surface area contributed by atoms with E-state index in [-0.39, 0.29) is 12.6 Å². The Labute approximate surface area is 122 Å². The van der Waals surface area contributed by atoms with E-state index >= 15 is 0 Å². The van der Waals surface area contributed by atoms with Crippen LogP contribution in [0.1, 0.15) is 37.4 Å². The van der Waals surface area contributed by atoms with E-state index in [4.69, 9.17) is 4.74 Å². The molecule has 0 fully saturated rings. The van der Waals surface area contributed by atoms with Gasteiger partial charge in [-0.25, -0.2) is 17.6 Å². The molecule has 0 amide bonds. The molecule has 0 aliphatic heterocycles. The predicted molar refractivity (Wildman–Crippen MR) is 73.5 cm³/mol. The standard InChI is InChI=1S/C15H21F4NO/c1-9(2)20-14(4-5-21-8-15(18)19)11-6-10(3)12(16)7-13(11)17/h6-7,9,14-15,20H,4-5,8H2,1-3H3. The van der Waals surface area contributed by atoms with Crippen molar-refractivity contribution in [1.29, 1.82) is 0 Å². The van der Waals surface area contributed by atoms with Crippen LogP contribution in [0.15, 0.2) is 12.1 Å². The maximum absolute atomic E-state index is 13.9. The predicted octanol–water partition coefficient (Wildman–Crippen LogP) is 3.98. The lowest BCUT2D eigenvalue weighted by molar-refractivity contribution is 0.0140. The first-order chi connectivity index (χ1) is 9.81. The molecule has 0 heterocycles. The number of nitrogens with one attached hydrogen (secondary N) is 1. The van der Waals surface area contributed by atoms with Crippen molar-refractivity contribution in [3.8, 4) is 0 Å². The van der Waals surface area contributed by atoms with Crippen molar-refractivity contribution < 1.29 is 22.3 Å². The molecular formula is C15H21F4NO. The number of halogens is 4. The molecule has 2 nitrogen and oxygen atoms in total. The van der Waals surface area contributed by atoms with E-state index in [1.807, 2.05) is 13.8 Å². The molecule has 1 unspecified atom stereocenters. The van der Waals surface area contributed by atoms with E-state index in [1.54, 1.807) is 6.92 Å². The van der Waals surface area contributed by atoms with E-state index in [9.17, 15) is 17.6 Å². The van der Waals surface area contributed by atoms with Gasteiger partial charge in [0.2, 0.25) is 0 Å². The SMILES string of the molecule is Cc1cc(C(CCOCC(F)F)NC(C)C)c(F)cc1F. The van der Waals surface area contributed by atoms with Crippen LogP contribution < -0.4 is 5.32 Å². The first kappa shape index (κ1) is 17.9. The fourth-order valence-electron chi connectivity index (χ4n) is 2.05.